The zero-order valence-corrected chi connectivity index (χ0v) is 14.9. The van der Waals surface area contributed by atoms with E-state index in [0.717, 1.165) is 12.2 Å². The molecule has 2 atom stereocenters. The van der Waals surface area contributed by atoms with E-state index in [4.69, 9.17) is 4.42 Å². The molecule has 21 heavy (non-hydrogen) atoms. The summed E-state index contributed by atoms with van der Waals surface area (Å²) >= 11 is 2.10. The van der Waals surface area contributed by atoms with Crippen molar-refractivity contribution in [3.63, 3.8) is 0 Å². The summed E-state index contributed by atoms with van der Waals surface area (Å²) in [6.07, 6.45) is 3.56. The van der Waals surface area contributed by atoms with Crippen LogP contribution in [-0.4, -0.2) is 17.5 Å². The van der Waals surface area contributed by atoms with Gasteiger partial charge < -0.3 is 9.73 Å². The summed E-state index contributed by atoms with van der Waals surface area (Å²) < 4.78 is 5.96. The molecule has 1 aliphatic heterocycles. The fourth-order valence-electron chi connectivity index (χ4n) is 3.99. The number of fused-ring (bicyclic) bond motifs is 1. The standard InChI is InChI=1S/C18H29NOS/c1-12-6-14-15(8-17(2,3)9-16(14)20-12)19-13-7-18(4,5)11-21-10-13/h6,13,15,19H,7-11H2,1-5H3. The smallest absolute Gasteiger partial charge is 0.109 e. The van der Waals surface area contributed by atoms with Gasteiger partial charge in [0.2, 0.25) is 0 Å². The number of thioether (sulfide) groups is 1. The van der Waals surface area contributed by atoms with Crippen LogP contribution in [0.2, 0.25) is 0 Å². The first-order chi connectivity index (χ1) is 9.74. The lowest BCUT2D eigenvalue weighted by atomic mass is 9.74. The third-order valence-electron chi connectivity index (χ3n) is 4.78. The molecule has 0 spiro atoms. The van der Waals surface area contributed by atoms with Crippen molar-refractivity contribution in [2.24, 2.45) is 10.8 Å². The van der Waals surface area contributed by atoms with Gasteiger partial charge in [0.15, 0.2) is 0 Å². The largest absolute Gasteiger partial charge is 0.466 e. The molecule has 1 aromatic heterocycles. The minimum Gasteiger partial charge on any atom is -0.466 e. The number of hydrogen-bond donors (Lipinski definition) is 1. The maximum absolute atomic E-state index is 5.96. The van der Waals surface area contributed by atoms with Crippen molar-refractivity contribution < 1.29 is 4.42 Å². The van der Waals surface area contributed by atoms with Gasteiger partial charge in [0.25, 0.3) is 0 Å². The van der Waals surface area contributed by atoms with Crippen LogP contribution in [0.25, 0.3) is 0 Å². The van der Waals surface area contributed by atoms with Crippen LogP contribution in [0.4, 0.5) is 0 Å². The second-order valence-corrected chi connectivity index (χ2v) is 9.61. The van der Waals surface area contributed by atoms with E-state index in [1.807, 2.05) is 0 Å². The first-order valence-corrected chi connectivity index (χ1v) is 9.33. The van der Waals surface area contributed by atoms with Crippen molar-refractivity contribution in [3.05, 3.63) is 23.2 Å². The SMILES string of the molecule is Cc1cc2c(o1)CC(C)(C)CC2NC1CSCC(C)(C)C1. The zero-order chi connectivity index (χ0) is 15.3. The number of furan rings is 1. The molecule has 1 fully saturated rings. The van der Waals surface area contributed by atoms with E-state index in [1.165, 1.54) is 35.7 Å². The van der Waals surface area contributed by atoms with Crippen molar-refractivity contribution in [1.82, 2.24) is 5.32 Å². The first-order valence-electron chi connectivity index (χ1n) is 8.17. The Bertz CT molecular complexity index is 517. The normalized spacial score (nSPS) is 30.9. The molecule has 0 bridgehead atoms. The van der Waals surface area contributed by atoms with Crippen molar-refractivity contribution in [2.45, 2.75) is 66.0 Å². The van der Waals surface area contributed by atoms with Crippen LogP contribution >= 0.6 is 11.8 Å². The molecule has 3 heteroatoms. The predicted molar refractivity (Wildman–Crippen MR) is 90.9 cm³/mol. The maximum atomic E-state index is 5.96. The average molecular weight is 308 g/mol. The molecule has 1 saturated heterocycles. The predicted octanol–water partition coefficient (Wildman–Crippen LogP) is 4.72. The molecule has 0 saturated carbocycles. The highest BCUT2D eigenvalue weighted by Crippen LogP contribution is 2.43. The lowest BCUT2D eigenvalue weighted by Gasteiger charge is -2.40. The van der Waals surface area contributed by atoms with Crippen molar-refractivity contribution >= 4 is 11.8 Å². The molecular formula is C18H29NOS. The number of nitrogens with one attached hydrogen (secondary N) is 1. The number of rotatable bonds is 2. The highest BCUT2D eigenvalue weighted by molar-refractivity contribution is 7.99. The van der Waals surface area contributed by atoms with Crippen molar-refractivity contribution in [3.8, 4) is 0 Å². The summed E-state index contributed by atoms with van der Waals surface area (Å²) in [6.45, 7) is 11.6. The molecule has 0 aromatic carbocycles. The molecule has 1 N–H and O–H groups in total. The topological polar surface area (TPSA) is 25.2 Å². The Morgan fingerprint density at radius 3 is 2.67 bits per heavy atom. The van der Waals surface area contributed by atoms with E-state index in [2.05, 4.69) is 57.8 Å². The van der Waals surface area contributed by atoms with E-state index in [0.29, 0.717) is 22.9 Å². The van der Waals surface area contributed by atoms with Gasteiger partial charge in [-0.2, -0.15) is 11.8 Å². The van der Waals surface area contributed by atoms with Crippen molar-refractivity contribution in [2.75, 3.05) is 11.5 Å². The molecule has 1 aromatic rings. The van der Waals surface area contributed by atoms with E-state index >= 15 is 0 Å². The van der Waals surface area contributed by atoms with E-state index < -0.39 is 0 Å². The molecule has 118 valence electrons. The molecule has 3 rings (SSSR count). The Hall–Kier alpha value is -0.410. The van der Waals surface area contributed by atoms with Gasteiger partial charge >= 0.3 is 0 Å². The molecular weight excluding hydrogens is 278 g/mol. The lowest BCUT2D eigenvalue weighted by Crippen LogP contribution is -2.44. The van der Waals surface area contributed by atoms with Crippen LogP contribution in [0.5, 0.6) is 0 Å². The van der Waals surface area contributed by atoms with Gasteiger partial charge in [-0.3, -0.25) is 0 Å². The minimum atomic E-state index is 0.326. The summed E-state index contributed by atoms with van der Waals surface area (Å²) in [4.78, 5) is 0. The van der Waals surface area contributed by atoms with Gasteiger partial charge in [-0.25, -0.2) is 0 Å². The molecule has 1 aliphatic carbocycles. The Kier molecular flexibility index (Phi) is 3.94. The number of aryl methyl sites for hydroxylation is 1. The molecule has 0 amide bonds. The van der Waals surface area contributed by atoms with E-state index in [9.17, 15) is 0 Å². The lowest BCUT2D eigenvalue weighted by molar-refractivity contribution is 0.212. The van der Waals surface area contributed by atoms with Gasteiger partial charge in [-0.1, -0.05) is 27.7 Å². The van der Waals surface area contributed by atoms with Crippen molar-refractivity contribution in [1.29, 1.82) is 0 Å². The molecule has 2 unspecified atom stereocenters. The summed E-state index contributed by atoms with van der Waals surface area (Å²) in [5.74, 6) is 4.80. The summed E-state index contributed by atoms with van der Waals surface area (Å²) in [5, 5.41) is 3.96. The average Bonchev–Trinajstić information content (AvgIpc) is 2.66. The fraction of sp³-hybridized carbons (Fsp3) is 0.778. The van der Waals surface area contributed by atoms with E-state index in [1.54, 1.807) is 0 Å². The Labute approximate surface area is 133 Å². The van der Waals surface area contributed by atoms with Crippen LogP contribution in [0, 0.1) is 17.8 Å². The van der Waals surface area contributed by atoms with Gasteiger partial charge in [0, 0.05) is 29.8 Å². The highest BCUT2D eigenvalue weighted by Gasteiger charge is 2.37. The van der Waals surface area contributed by atoms with Crippen LogP contribution < -0.4 is 5.32 Å². The van der Waals surface area contributed by atoms with Crippen LogP contribution in [0.1, 0.15) is 63.7 Å². The number of hydrogen-bond acceptors (Lipinski definition) is 3. The van der Waals surface area contributed by atoms with Crippen LogP contribution in [-0.2, 0) is 6.42 Å². The van der Waals surface area contributed by atoms with Gasteiger partial charge in [-0.15, -0.1) is 0 Å². The first kappa shape index (κ1) is 15.5. The monoisotopic (exact) mass is 307 g/mol. The zero-order valence-electron chi connectivity index (χ0n) is 14.1. The summed E-state index contributed by atoms with van der Waals surface area (Å²) in [7, 11) is 0. The minimum absolute atomic E-state index is 0.326. The third kappa shape index (κ3) is 3.50. The Morgan fingerprint density at radius 2 is 1.95 bits per heavy atom. The molecule has 2 heterocycles. The molecule has 2 aliphatic rings. The van der Waals surface area contributed by atoms with Crippen LogP contribution in [0.15, 0.2) is 10.5 Å². The van der Waals surface area contributed by atoms with Gasteiger partial charge in [0.05, 0.1) is 0 Å². The van der Waals surface area contributed by atoms with Gasteiger partial charge in [-0.05, 0) is 42.4 Å². The second kappa shape index (κ2) is 5.34. The summed E-state index contributed by atoms with van der Waals surface area (Å²) in [5.41, 5.74) is 2.20. The Balaban J connectivity index is 1.78. The molecule has 2 nitrogen and oxygen atoms in total. The second-order valence-electron chi connectivity index (χ2n) is 8.58. The quantitative estimate of drug-likeness (QED) is 0.855. The Morgan fingerprint density at radius 1 is 1.19 bits per heavy atom. The fourth-order valence-corrected chi connectivity index (χ4v) is 5.27. The molecule has 0 radical (unpaired) electrons. The highest BCUT2D eigenvalue weighted by atomic mass is 32.2. The van der Waals surface area contributed by atoms with Crippen LogP contribution in [0.3, 0.4) is 0 Å². The van der Waals surface area contributed by atoms with Gasteiger partial charge in [0.1, 0.15) is 11.5 Å². The van der Waals surface area contributed by atoms with E-state index in [-0.39, 0.29) is 0 Å². The maximum Gasteiger partial charge on any atom is 0.109 e. The summed E-state index contributed by atoms with van der Waals surface area (Å²) in [6, 6.07) is 3.34. The third-order valence-corrected chi connectivity index (χ3v) is 6.41.